The lowest BCUT2D eigenvalue weighted by molar-refractivity contribution is 0.102. The number of carbonyl (C=O) groups excluding carboxylic acids is 1. The molecule has 0 saturated carbocycles. The minimum absolute atomic E-state index is 0.268. The summed E-state index contributed by atoms with van der Waals surface area (Å²) in [6.07, 6.45) is 6.02. The number of pyridine rings is 1. The molecule has 1 N–H and O–H groups in total. The number of anilines is 1. The third-order valence-corrected chi connectivity index (χ3v) is 4.64. The first-order valence-corrected chi connectivity index (χ1v) is 9.52. The predicted octanol–water partition coefficient (Wildman–Crippen LogP) is 3.57. The Morgan fingerprint density at radius 3 is 2.30 bits per heavy atom. The fourth-order valence-electron chi connectivity index (χ4n) is 3.04. The van der Waals surface area contributed by atoms with E-state index in [1.54, 1.807) is 30.4 Å². The number of hydrogen-bond donors (Lipinski definition) is 1. The van der Waals surface area contributed by atoms with Crippen molar-refractivity contribution in [1.29, 1.82) is 0 Å². The average Bonchev–Trinajstić information content (AvgIpc) is 3.25. The zero-order chi connectivity index (χ0) is 20.8. The van der Waals surface area contributed by atoms with E-state index in [2.05, 4.69) is 20.6 Å². The summed E-state index contributed by atoms with van der Waals surface area (Å²) in [5.41, 5.74) is 4.37. The Morgan fingerprint density at radius 2 is 1.60 bits per heavy atom. The van der Waals surface area contributed by atoms with Crippen LogP contribution in [-0.4, -0.2) is 33.0 Å². The van der Waals surface area contributed by atoms with Gasteiger partial charge >= 0.3 is 0 Å². The second-order valence-electron chi connectivity index (χ2n) is 6.83. The smallest absolute Gasteiger partial charge is 0.277 e. The normalized spacial score (nSPS) is 10.6. The van der Waals surface area contributed by atoms with E-state index in [-0.39, 0.29) is 11.6 Å². The topological polar surface area (TPSA) is 81.9 Å². The van der Waals surface area contributed by atoms with Crippen LogP contribution in [0.1, 0.15) is 27.2 Å². The molecule has 0 saturated heterocycles. The van der Waals surface area contributed by atoms with Gasteiger partial charge in [-0.1, -0.05) is 29.5 Å². The van der Waals surface area contributed by atoms with Gasteiger partial charge in [-0.2, -0.15) is 0 Å². The number of rotatable bonds is 7. The molecule has 1 amide bonds. The van der Waals surface area contributed by atoms with Crippen molar-refractivity contribution in [3.8, 4) is 5.75 Å². The molecular formula is C23H21N5O2. The highest BCUT2D eigenvalue weighted by Gasteiger charge is 2.11. The van der Waals surface area contributed by atoms with E-state index in [0.29, 0.717) is 12.2 Å². The molecule has 0 unspecified atom stereocenters. The summed E-state index contributed by atoms with van der Waals surface area (Å²) in [6, 6.07) is 19.4. The molecule has 0 bridgehead atoms. The van der Waals surface area contributed by atoms with Gasteiger partial charge in [-0.25, -0.2) is 4.68 Å². The molecule has 0 spiro atoms. The van der Waals surface area contributed by atoms with Crippen LogP contribution < -0.4 is 10.1 Å². The molecular weight excluding hydrogens is 378 g/mol. The number of carbonyl (C=O) groups is 1. The summed E-state index contributed by atoms with van der Waals surface area (Å²) in [7, 11) is 1.63. The monoisotopic (exact) mass is 399 g/mol. The number of amides is 1. The van der Waals surface area contributed by atoms with Crippen LogP contribution in [0.5, 0.6) is 5.75 Å². The van der Waals surface area contributed by atoms with E-state index in [1.165, 1.54) is 5.56 Å². The van der Waals surface area contributed by atoms with Gasteiger partial charge in [-0.15, -0.1) is 5.10 Å². The van der Waals surface area contributed by atoms with Crippen molar-refractivity contribution in [3.63, 3.8) is 0 Å². The molecule has 30 heavy (non-hydrogen) atoms. The van der Waals surface area contributed by atoms with Crippen molar-refractivity contribution >= 4 is 11.6 Å². The van der Waals surface area contributed by atoms with Crippen LogP contribution in [0.2, 0.25) is 0 Å². The van der Waals surface area contributed by atoms with Crippen LogP contribution in [-0.2, 0) is 13.0 Å². The lowest BCUT2D eigenvalue weighted by Crippen LogP contribution is -2.12. The summed E-state index contributed by atoms with van der Waals surface area (Å²) >= 11 is 0. The first-order valence-electron chi connectivity index (χ1n) is 9.52. The average molecular weight is 399 g/mol. The van der Waals surface area contributed by atoms with Crippen molar-refractivity contribution in [2.45, 2.75) is 13.0 Å². The summed E-state index contributed by atoms with van der Waals surface area (Å²) in [6.45, 7) is 0.522. The lowest BCUT2D eigenvalue weighted by atomic mass is 10.1. The van der Waals surface area contributed by atoms with Crippen molar-refractivity contribution in [3.05, 3.63) is 102 Å². The van der Waals surface area contributed by atoms with Gasteiger partial charge in [-0.3, -0.25) is 9.78 Å². The maximum Gasteiger partial charge on any atom is 0.277 e. The molecule has 2 aromatic carbocycles. The lowest BCUT2D eigenvalue weighted by Gasteiger charge is -2.05. The van der Waals surface area contributed by atoms with Gasteiger partial charge in [0.2, 0.25) is 0 Å². The van der Waals surface area contributed by atoms with Gasteiger partial charge in [0, 0.05) is 18.1 Å². The highest BCUT2D eigenvalue weighted by Crippen LogP contribution is 2.15. The molecule has 4 aromatic rings. The molecule has 2 aromatic heterocycles. The molecule has 7 heteroatoms. The van der Waals surface area contributed by atoms with Gasteiger partial charge in [0.25, 0.3) is 5.91 Å². The minimum atomic E-state index is -0.294. The van der Waals surface area contributed by atoms with E-state index in [9.17, 15) is 4.79 Å². The Kier molecular flexibility index (Phi) is 5.80. The third kappa shape index (κ3) is 4.88. The second kappa shape index (κ2) is 9.00. The number of nitrogens with one attached hydrogen (secondary N) is 1. The van der Waals surface area contributed by atoms with Gasteiger partial charge < -0.3 is 10.1 Å². The number of benzene rings is 2. The standard InChI is InChI=1S/C23H21N5O2/c1-30-21-8-4-19(5-9-21)15-28-16-22(26-27-28)23(29)25-20-6-2-17(3-7-20)14-18-10-12-24-13-11-18/h2-13,16H,14-15H2,1H3,(H,25,29). The largest absolute Gasteiger partial charge is 0.497 e. The molecule has 0 aliphatic heterocycles. The van der Waals surface area contributed by atoms with Crippen molar-refractivity contribution in [2.75, 3.05) is 12.4 Å². The maximum atomic E-state index is 12.5. The minimum Gasteiger partial charge on any atom is -0.497 e. The molecule has 0 aliphatic rings. The fraction of sp³-hybridized carbons (Fsp3) is 0.130. The second-order valence-corrected chi connectivity index (χ2v) is 6.83. The van der Waals surface area contributed by atoms with Crippen molar-refractivity contribution in [2.24, 2.45) is 0 Å². The molecule has 7 nitrogen and oxygen atoms in total. The van der Waals surface area contributed by atoms with Crippen LogP contribution in [0.25, 0.3) is 0 Å². The van der Waals surface area contributed by atoms with E-state index in [1.807, 2.05) is 60.7 Å². The van der Waals surface area contributed by atoms with Crippen molar-refractivity contribution < 1.29 is 9.53 Å². The summed E-state index contributed by atoms with van der Waals surface area (Å²) in [5, 5.41) is 10.9. The zero-order valence-corrected chi connectivity index (χ0v) is 16.5. The van der Waals surface area contributed by atoms with E-state index >= 15 is 0 Å². The van der Waals surface area contributed by atoms with Crippen LogP contribution >= 0.6 is 0 Å². The zero-order valence-electron chi connectivity index (χ0n) is 16.5. The Morgan fingerprint density at radius 1 is 0.933 bits per heavy atom. The predicted molar refractivity (Wildman–Crippen MR) is 114 cm³/mol. The number of hydrogen-bond acceptors (Lipinski definition) is 5. The number of methoxy groups -OCH3 is 1. The SMILES string of the molecule is COc1ccc(Cn2cc(C(=O)Nc3ccc(Cc4ccncc4)cc3)nn2)cc1. The van der Waals surface area contributed by atoms with Gasteiger partial charge in [0.05, 0.1) is 19.9 Å². The highest BCUT2D eigenvalue weighted by atomic mass is 16.5. The van der Waals surface area contributed by atoms with Crippen molar-refractivity contribution in [1.82, 2.24) is 20.0 Å². The quantitative estimate of drug-likeness (QED) is 0.514. The summed E-state index contributed by atoms with van der Waals surface area (Å²) in [4.78, 5) is 16.5. The van der Waals surface area contributed by atoms with E-state index in [0.717, 1.165) is 23.3 Å². The molecule has 0 aliphatic carbocycles. The highest BCUT2D eigenvalue weighted by molar-refractivity contribution is 6.02. The fourth-order valence-corrected chi connectivity index (χ4v) is 3.04. The molecule has 150 valence electrons. The number of ether oxygens (including phenoxy) is 1. The summed E-state index contributed by atoms with van der Waals surface area (Å²) in [5.74, 6) is 0.502. The van der Waals surface area contributed by atoms with E-state index < -0.39 is 0 Å². The number of nitrogens with zero attached hydrogens (tertiary/aromatic N) is 4. The van der Waals surface area contributed by atoms with Crippen LogP contribution in [0.4, 0.5) is 5.69 Å². The first kappa shape index (κ1) is 19.3. The molecule has 0 fully saturated rings. The Balaban J connectivity index is 1.35. The maximum absolute atomic E-state index is 12.5. The third-order valence-electron chi connectivity index (χ3n) is 4.64. The Hall–Kier alpha value is -4.00. The van der Waals surface area contributed by atoms with Crippen LogP contribution in [0.3, 0.4) is 0 Å². The summed E-state index contributed by atoms with van der Waals surface area (Å²) < 4.78 is 6.79. The number of aromatic nitrogens is 4. The van der Waals surface area contributed by atoms with Gasteiger partial charge in [0.1, 0.15) is 5.75 Å². The first-order chi connectivity index (χ1) is 14.7. The van der Waals surface area contributed by atoms with Crippen LogP contribution in [0, 0.1) is 0 Å². The van der Waals surface area contributed by atoms with E-state index in [4.69, 9.17) is 4.74 Å². The molecule has 4 rings (SSSR count). The molecule has 0 radical (unpaired) electrons. The Bertz CT molecular complexity index is 1110. The molecule has 2 heterocycles. The van der Waals surface area contributed by atoms with Gasteiger partial charge in [-0.05, 0) is 59.5 Å². The Labute approximate surface area is 174 Å². The molecule has 0 atom stereocenters. The van der Waals surface area contributed by atoms with Gasteiger partial charge in [0.15, 0.2) is 5.69 Å². The van der Waals surface area contributed by atoms with Crippen LogP contribution in [0.15, 0.2) is 79.3 Å².